The van der Waals surface area contributed by atoms with Crippen molar-refractivity contribution < 1.29 is 14.3 Å². The zero-order valence-corrected chi connectivity index (χ0v) is 17.2. The minimum absolute atomic E-state index is 0.0444. The highest BCUT2D eigenvalue weighted by Crippen LogP contribution is 2.46. The number of hydrogen-bond acceptors (Lipinski definition) is 3. The lowest BCUT2D eigenvalue weighted by atomic mass is 9.85. The van der Waals surface area contributed by atoms with Crippen LogP contribution in [0.1, 0.15) is 28.3 Å². The van der Waals surface area contributed by atoms with Crippen LogP contribution in [0.25, 0.3) is 0 Å². The summed E-state index contributed by atoms with van der Waals surface area (Å²) in [5.74, 6) is 1.42. The summed E-state index contributed by atoms with van der Waals surface area (Å²) in [6, 6.07) is 22.4. The molecule has 3 aromatic carbocycles. The second kappa shape index (κ2) is 7.41. The van der Waals surface area contributed by atoms with Gasteiger partial charge >= 0.3 is 6.03 Å². The van der Waals surface area contributed by atoms with Crippen LogP contribution in [0.2, 0.25) is 0 Å². The van der Waals surface area contributed by atoms with E-state index in [1.54, 1.807) is 14.2 Å². The summed E-state index contributed by atoms with van der Waals surface area (Å²) in [5, 5.41) is 0. The molecule has 2 aliphatic heterocycles. The molecule has 1 unspecified atom stereocenters. The summed E-state index contributed by atoms with van der Waals surface area (Å²) < 4.78 is 11.1. The predicted molar refractivity (Wildman–Crippen MR) is 116 cm³/mol. The van der Waals surface area contributed by atoms with Gasteiger partial charge in [0.2, 0.25) is 0 Å². The van der Waals surface area contributed by atoms with Gasteiger partial charge in [-0.1, -0.05) is 48.5 Å². The van der Waals surface area contributed by atoms with Gasteiger partial charge in [-0.05, 0) is 41.3 Å². The van der Waals surface area contributed by atoms with Crippen molar-refractivity contribution in [3.05, 3.63) is 89.0 Å². The van der Waals surface area contributed by atoms with Crippen molar-refractivity contribution in [2.45, 2.75) is 19.0 Å². The molecule has 0 spiro atoms. The SMILES string of the molecule is COc1cc2c(cc1OC)C1c3ccccc3N(Cc3ccccc3)C(=O)N1CC2. The van der Waals surface area contributed by atoms with Crippen LogP contribution in [0.15, 0.2) is 66.7 Å². The first-order chi connectivity index (χ1) is 14.7. The fraction of sp³-hybridized carbons (Fsp3) is 0.240. The van der Waals surface area contributed by atoms with Crippen molar-refractivity contribution in [3.8, 4) is 11.5 Å². The Balaban J connectivity index is 1.63. The Kier molecular flexibility index (Phi) is 4.58. The molecule has 2 amide bonds. The maximum atomic E-state index is 13.6. The van der Waals surface area contributed by atoms with Crippen LogP contribution in [-0.4, -0.2) is 31.7 Å². The van der Waals surface area contributed by atoms with E-state index in [2.05, 4.69) is 24.3 Å². The Morgan fingerprint density at radius 3 is 2.37 bits per heavy atom. The van der Waals surface area contributed by atoms with Gasteiger partial charge in [-0.25, -0.2) is 4.79 Å². The van der Waals surface area contributed by atoms with Gasteiger partial charge in [-0.3, -0.25) is 4.90 Å². The van der Waals surface area contributed by atoms with Gasteiger partial charge in [-0.2, -0.15) is 0 Å². The van der Waals surface area contributed by atoms with Gasteiger partial charge in [0, 0.05) is 12.1 Å². The number of para-hydroxylation sites is 1. The molecule has 0 bridgehead atoms. The third-order valence-electron chi connectivity index (χ3n) is 6.06. The Labute approximate surface area is 176 Å². The molecule has 3 aromatic rings. The number of amides is 2. The number of ether oxygens (including phenoxy) is 2. The lowest BCUT2D eigenvalue weighted by Crippen LogP contribution is -2.51. The van der Waals surface area contributed by atoms with E-state index in [4.69, 9.17) is 9.47 Å². The maximum absolute atomic E-state index is 13.6. The molecule has 5 heteroatoms. The van der Waals surface area contributed by atoms with Crippen molar-refractivity contribution in [1.82, 2.24) is 4.90 Å². The lowest BCUT2D eigenvalue weighted by molar-refractivity contribution is 0.181. The molecule has 0 saturated carbocycles. The molecule has 1 atom stereocenters. The molecular formula is C25H24N2O3. The predicted octanol–water partition coefficient (Wildman–Crippen LogP) is 4.79. The van der Waals surface area contributed by atoms with Crippen molar-refractivity contribution >= 4 is 11.7 Å². The van der Waals surface area contributed by atoms with Crippen LogP contribution in [0.5, 0.6) is 11.5 Å². The highest BCUT2D eigenvalue weighted by atomic mass is 16.5. The van der Waals surface area contributed by atoms with Gasteiger partial charge in [0.15, 0.2) is 11.5 Å². The van der Waals surface area contributed by atoms with Crippen molar-refractivity contribution in [2.24, 2.45) is 0 Å². The number of anilines is 1. The molecule has 152 valence electrons. The van der Waals surface area contributed by atoms with E-state index in [0.29, 0.717) is 18.8 Å². The first-order valence-corrected chi connectivity index (χ1v) is 10.2. The largest absolute Gasteiger partial charge is 0.493 e. The van der Waals surface area contributed by atoms with Crippen LogP contribution in [0, 0.1) is 0 Å². The summed E-state index contributed by atoms with van der Waals surface area (Å²) in [5.41, 5.74) is 5.53. The number of methoxy groups -OCH3 is 2. The normalized spacial score (nSPS) is 17.1. The maximum Gasteiger partial charge on any atom is 0.325 e. The van der Waals surface area contributed by atoms with Gasteiger partial charge in [-0.15, -0.1) is 0 Å². The molecule has 2 heterocycles. The average molecular weight is 400 g/mol. The number of benzene rings is 3. The molecule has 5 nitrogen and oxygen atoms in total. The summed E-state index contributed by atoms with van der Waals surface area (Å²) in [7, 11) is 3.30. The van der Waals surface area contributed by atoms with Gasteiger partial charge in [0.25, 0.3) is 0 Å². The second-order valence-corrected chi connectivity index (χ2v) is 7.67. The molecule has 5 rings (SSSR count). The van der Waals surface area contributed by atoms with E-state index in [1.807, 2.05) is 52.3 Å². The molecule has 0 aromatic heterocycles. The van der Waals surface area contributed by atoms with Crippen molar-refractivity contribution in [2.75, 3.05) is 25.7 Å². The smallest absolute Gasteiger partial charge is 0.325 e. The highest BCUT2D eigenvalue weighted by Gasteiger charge is 2.41. The number of carbonyl (C=O) groups excluding carboxylic acids is 1. The standard InChI is InChI=1S/C25H24N2O3/c1-29-22-14-18-12-13-26-24(20(18)15-23(22)30-2)19-10-6-7-11-21(19)27(25(26)28)16-17-8-4-3-5-9-17/h3-11,14-15,24H,12-13,16H2,1-2H3. The molecule has 0 fully saturated rings. The molecule has 30 heavy (non-hydrogen) atoms. The number of rotatable bonds is 4. The fourth-order valence-electron chi connectivity index (χ4n) is 4.63. The van der Waals surface area contributed by atoms with Gasteiger partial charge in [0.05, 0.1) is 32.5 Å². The Morgan fingerprint density at radius 1 is 0.900 bits per heavy atom. The Bertz CT molecular complexity index is 1100. The van der Waals surface area contributed by atoms with E-state index in [-0.39, 0.29) is 12.1 Å². The molecule has 0 radical (unpaired) electrons. The van der Waals surface area contributed by atoms with E-state index in [0.717, 1.165) is 34.5 Å². The minimum Gasteiger partial charge on any atom is -0.493 e. The molecular weight excluding hydrogens is 376 g/mol. The fourth-order valence-corrected chi connectivity index (χ4v) is 4.63. The highest BCUT2D eigenvalue weighted by molar-refractivity contribution is 5.96. The zero-order valence-electron chi connectivity index (χ0n) is 17.2. The lowest BCUT2D eigenvalue weighted by Gasteiger charge is -2.46. The van der Waals surface area contributed by atoms with Crippen LogP contribution >= 0.6 is 0 Å². The van der Waals surface area contributed by atoms with E-state index in [9.17, 15) is 4.79 Å². The summed E-state index contributed by atoms with van der Waals surface area (Å²) >= 11 is 0. The molecule has 0 N–H and O–H groups in total. The van der Waals surface area contributed by atoms with Crippen molar-refractivity contribution in [3.63, 3.8) is 0 Å². The van der Waals surface area contributed by atoms with Gasteiger partial charge < -0.3 is 14.4 Å². The van der Waals surface area contributed by atoms with E-state index >= 15 is 0 Å². The topological polar surface area (TPSA) is 42.0 Å². The summed E-state index contributed by atoms with van der Waals surface area (Å²) in [6.07, 6.45) is 0.791. The Hall–Kier alpha value is -3.47. The van der Waals surface area contributed by atoms with E-state index < -0.39 is 0 Å². The molecule has 0 aliphatic carbocycles. The number of nitrogens with zero attached hydrogens (tertiary/aromatic N) is 2. The minimum atomic E-state index is -0.121. The monoisotopic (exact) mass is 400 g/mol. The third kappa shape index (κ3) is 2.89. The number of hydrogen-bond donors (Lipinski definition) is 0. The number of carbonyl (C=O) groups is 1. The summed E-state index contributed by atoms with van der Waals surface area (Å²) in [6.45, 7) is 1.23. The molecule has 2 aliphatic rings. The first kappa shape index (κ1) is 18.6. The first-order valence-electron chi connectivity index (χ1n) is 10.2. The Morgan fingerprint density at radius 2 is 1.60 bits per heavy atom. The van der Waals surface area contributed by atoms with Gasteiger partial charge in [0.1, 0.15) is 0 Å². The quantitative estimate of drug-likeness (QED) is 0.632. The zero-order chi connectivity index (χ0) is 20.7. The second-order valence-electron chi connectivity index (χ2n) is 7.67. The number of fused-ring (bicyclic) bond motifs is 5. The third-order valence-corrected chi connectivity index (χ3v) is 6.06. The van der Waals surface area contributed by atoms with Crippen LogP contribution < -0.4 is 14.4 Å². The van der Waals surface area contributed by atoms with Crippen LogP contribution in [0.3, 0.4) is 0 Å². The van der Waals surface area contributed by atoms with Crippen LogP contribution in [-0.2, 0) is 13.0 Å². The van der Waals surface area contributed by atoms with E-state index in [1.165, 1.54) is 5.56 Å². The number of urea groups is 1. The summed E-state index contributed by atoms with van der Waals surface area (Å²) in [4.78, 5) is 17.5. The van der Waals surface area contributed by atoms with Crippen LogP contribution in [0.4, 0.5) is 10.5 Å². The van der Waals surface area contributed by atoms with Crippen molar-refractivity contribution in [1.29, 1.82) is 0 Å². The average Bonchev–Trinajstić information content (AvgIpc) is 2.80. The molecule has 0 saturated heterocycles.